The van der Waals surface area contributed by atoms with Crippen molar-refractivity contribution in [3.05, 3.63) is 29.8 Å². The number of ether oxygens (including phenoxy) is 1. The molecule has 1 heterocycles. The van der Waals surface area contributed by atoms with Crippen molar-refractivity contribution in [2.45, 2.75) is 0 Å². The van der Waals surface area contributed by atoms with Gasteiger partial charge in [0.05, 0.1) is 5.56 Å². The number of aliphatic imine (C=N–C) groups is 1. The molecule has 60 valence electrons. The van der Waals surface area contributed by atoms with Crippen LogP contribution in [0.25, 0.3) is 0 Å². The van der Waals surface area contributed by atoms with E-state index in [1.54, 1.807) is 18.2 Å². The van der Waals surface area contributed by atoms with Gasteiger partial charge in [0, 0.05) is 6.21 Å². The number of benzene rings is 1. The summed E-state index contributed by atoms with van der Waals surface area (Å²) < 4.78 is 5.25. The molecule has 1 aromatic rings. The third-order valence-electron chi connectivity index (χ3n) is 1.64. The molecule has 3 heteroatoms. The van der Waals surface area contributed by atoms with Gasteiger partial charge in [-0.3, -0.25) is 4.79 Å². The van der Waals surface area contributed by atoms with E-state index in [0.29, 0.717) is 17.9 Å². The number of amides is 1. The van der Waals surface area contributed by atoms with Gasteiger partial charge in [-0.25, -0.2) is 4.99 Å². The van der Waals surface area contributed by atoms with Gasteiger partial charge in [0.2, 0.25) is 0 Å². The molecule has 1 amide bonds. The van der Waals surface area contributed by atoms with Crippen LogP contribution in [0.3, 0.4) is 0 Å². The largest absolute Gasteiger partial charge is 0.487 e. The van der Waals surface area contributed by atoms with E-state index in [2.05, 4.69) is 4.99 Å². The van der Waals surface area contributed by atoms with E-state index in [-0.39, 0.29) is 5.91 Å². The van der Waals surface area contributed by atoms with Crippen LogP contribution < -0.4 is 4.74 Å². The first-order valence-electron chi connectivity index (χ1n) is 3.66. The molecular formula is C9H7NO2. The fourth-order valence-electron chi connectivity index (χ4n) is 1.09. The lowest BCUT2D eigenvalue weighted by atomic mass is 10.2. The number of para-hydroxylation sites is 1. The number of carbonyl (C=O) groups is 1. The molecule has 1 aromatic carbocycles. The number of nitrogens with zero attached hydrogens (tertiary/aromatic N) is 1. The molecule has 1 aliphatic heterocycles. The zero-order valence-corrected chi connectivity index (χ0v) is 6.36. The molecule has 1 aliphatic rings. The molecule has 0 aromatic heterocycles. The van der Waals surface area contributed by atoms with Crippen molar-refractivity contribution in [1.29, 1.82) is 0 Å². The highest BCUT2D eigenvalue weighted by molar-refractivity contribution is 6.02. The normalized spacial score (nSPS) is 14.8. The summed E-state index contributed by atoms with van der Waals surface area (Å²) in [6.45, 7) is 0.364. The Hall–Kier alpha value is -1.64. The average molecular weight is 161 g/mol. The van der Waals surface area contributed by atoms with Crippen molar-refractivity contribution >= 4 is 12.1 Å². The van der Waals surface area contributed by atoms with Crippen LogP contribution in [0, 0.1) is 0 Å². The SMILES string of the molecule is O=C1N=CCOc2ccccc21. The van der Waals surface area contributed by atoms with Crippen LogP contribution in [-0.4, -0.2) is 18.7 Å². The quantitative estimate of drug-likeness (QED) is 0.575. The van der Waals surface area contributed by atoms with Crippen LogP contribution in [-0.2, 0) is 0 Å². The summed E-state index contributed by atoms with van der Waals surface area (Å²) >= 11 is 0. The second-order valence-electron chi connectivity index (χ2n) is 2.42. The molecule has 0 fully saturated rings. The van der Waals surface area contributed by atoms with Crippen LogP contribution in [0.2, 0.25) is 0 Å². The third kappa shape index (κ3) is 1.09. The van der Waals surface area contributed by atoms with Gasteiger partial charge < -0.3 is 4.74 Å². The smallest absolute Gasteiger partial charge is 0.280 e. The minimum Gasteiger partial charge on any atom is -0.487 e. The Bertz CT molecular complexity index is 344. The van der Waals surface area contributed by atoms with Gasteiger partial charge in [-0.15, -0.1) is 0 Å². The van der Waals surface area contributed by atoms with Gasteiger partial charge in [0.25, 0.3) is 5.91 Å². The highest BCUT2D eigenvalue weighted by Gasteiger charge is 2.12. The Morgan fingerprint density at radius 3 is 3.08 bits per heavy atom. The van der Waals surface area contributed by atoms with Gasteiger partial charge >= 0.3 is 0 Å². The zero-order valence-electron chi connectivity index (χ0n) is 6.36. The summed E-state index contributed by atoms with van der Waals surface area (Å²) in [5.74, 6) is 0.378. The van der Waals surface area contributed by atoms with Gasteiger partial charge in [-0.1, -0.05) is 12.1 Å². The second-order valence-corrected chi connectivity index (χ2v) is 2.42. The topological polar surface area (TPSA) is 38.7 Å². The van der Waals surface area contributed by atoms with Crippen LogP contribution in [0.1, 0.15) is 10.4 Å². The summed E-state index contributed by atoms with van der Waals surface area (Å²) in [7, 11) is 0. The summed E-state index contributed by atoms with van der Waals surface area (Å²) in [6, 6.07) is 7.10. The number of rotatable bonds is 0. The Morgan fingerprint density at radius 2 is 2.17 bits per heavy atom. The Morgan fingerprint density at radius 1 is 1.33 bits per heavy atom. The van der Waals surface area contributed by atoms with Gasteiger partial charge in [-0.2, -0.15) is 0 Å². The Balaban J connectivity index is 2.53. The Kier molecular flexibility index (Phi) is 1.63. The molecule has 0 saturated heterocycles. The minimum atomic E-state index is -0.233. The predicted octanol–water partition coefficient (Wildman–Crippen LogP) is 1.29. The molecule has 0 radical (unpaired) electrons. The Labute approximate surface area is 69.7 Å². The highest BCUT2D eigenvalue weighted by atomic mass is 16.5. The van der Waals surface area contributed by atoms with Crippen molar-refractivity contribution < 1.29 is 9.53 Å². The molecule has 0 bridgehead atoms. The molecule has 0 saturated carbocycles. The summed E-state index contributed by atoms with van der Waals surface area (Å²) in [5.41, 5.74) is 0.534. The van der Waals surface area contributed by atoms with E-state index in [0.717, 1.165) is 0 Å². The first-order valence-corrected chi connectivity index (χ1v) is 3.66. The van der Waals surface area contributed by atoms with Crippen LogP contribution >= 0.6 is 0 Å². The minimum absolute atomic E-state index is 0.233. The zero-order chi connectivity index (χ0) is 8.39. The highest BCUT2D eigenvalue weighted by Crippen LogP contribution is 2.19. The summed E-state index contributed by atoms with van der Waals surface area (Å²) in [6.07, 6.45) is 1.47. The predicted molar refractivity (Wildman–Crippen MR) is 44.8 cm³/mol. The molecule has 2 rings (SSSR count). The number of carbonyl (C=O) groups excluding carboxylic acids is 1. The van der Waals surface area contributed by atoms with Crippen molar-refractivity contribution in [2.24, 2.45) is 4.99 Å². The first kappa shape index (κ1) is 7.03. The molecular weight excluding hydrogens is 154 g/mol. The van der Waals surface area contributed by atoms with E-state index in [1.165, 1.54) is 6.21 Å². The lowest BCUT2D eigenvalue weighted by Crippen LogP contribution is -1.97. The van der Waals surface area contributed by atoms with Crippen LogP contribution in [0.4, 0.5) is 0 Å². The molecule has 0 unspecified atom stereocenters. The molecule has 3 nitrogen and oxygen atoms in total. The number of fused-ring (bicyclic) bond motifs is 1. The molecule has 0 spiro atoms. The van der Waals surface area contributed by atoms with E-state index in [4.69, 9.17) is 4.74 Å². The lowest BCUT2D eigenvalue weighted by molar-refractivity contribution is 0.100. The molecule has 0 N–H and O–H groups in total. The summed E-state index contributed by atoms with van der Waals surface area (Å²) in [4.78, 5) is 14.9. The second kappa shape index (κ2) is 2.77. The maximum Gasteiger partial charge on any atom is 0.280 e. The molecule has 0 aliphatic carbocycles. The first-order chi connectivity index (χ1) is 5.88. The van der Waals surface area contributed by atoms with Crippen molar-refractivity contribution in [3.8, 4) is 5.75 Å². The van der Waals surface area contributed by atoms with Crippen LogP contribution in [0.15, 0.2) is 29.3 Å². The summed E-state index contributed by atoms with van der Waals surface area (Å²) in [5, 5.41) is 0. The fourth-order valence-corrected chi connectivity index (χ4v) is 1.09. The van der Waals surface area contributed by atoms with Crippen molar-refractivity contribution in [3.63, 3.8) is 0 Å². The third-order valence-corrected chi connectivity index (χ3v) is 1.64. The number of hydrogen-bond donors (Lipinski definition) is 0. The monoisotopic (exact) mass is 161 g/mol. The standard InChI is InChI=1S/C9H7NO2/c11-9-7-3-1-2-4-8(7)12-6-5-10-9/h1-5H,6H2. The van der Waals surface area contributed by atoms with Gasteiger partial charge in [0.15, 0.2) is 0 Å². The van der Waals surface area contributed by atoms with Crippen molar-refractivity contribution in [1.82, 2.24) is 0 Å². The van der Waals surface area contributed by atoms with Gasteiger partial charge in [-0.05, 0) is 12.1 Å². The average Bonchev–Trinajstić information content (AvgIpc) is 2.29. The van der Waals surface area contributed by atoms with Crippen molar-refractivity contribution in [2.75, 3.05) is 6.61 Å². The van der Waals surface area contributed by atoms with E-state index in [9.17, 15) is 4.79 Å². The molecule has 0 atom stereocenters. The van der Waals surface area contributed by atoms with Gasteiger partial charge in [0.1, 0.15) is 12.4 Å². The molecule has 12 heavy (non-hydrogen) atoms. The lowest BCUT2D eigenvalue weighted by Gasteiger charge is -2.02. The number of hydrogen-bond acceptors (Lipinski definition) is 2. The fraction of sp³-hybridized carbons (Fsp3) is 0.111. The van der Waals surface area contributed by atoms with E-state index in [1.807, 2.05) is 6.07 Å². The van der Waals surface area contributed by atoms with E-state index < -0.39 is 0 Å². The van der Waals surface area contributed by atoms with Crippen LogP contribution in [0.5, 0.6) is 5.75 Å². The van der Waals surface area contributed by atoms with E-state index >= 15 is 0 Å². The maximum atomic E-state index is 11.2. The maximum absolute atomic E-state index is 11.2.